The number of carbonyl (C=O) groups is 2. The summed E-state index contributed by atoms with van der Waals surface area (Å²) < 4.78 is 7.11. The van der Waals surface area contributed by atoms with Crippen LogP contribution in [0.25, 0.3) is 0 Å². The lowest BCUT2D eigenvalue weighted by Crippen LogP contribution is -2.34. The normalized spacial score (nSPS) is 28.2. The van der Waals surface area contributed by atoms with Crippen LogP contribution in [0.2, 0.25) is 0 Å². The third-order valence-electron chi connectivity index (χ3n) is 4.86. The van der Waals surface area contributed by atoms with Crippen LogP contribution in [-0.2, 0) is 20.9 Å². The second-order valence-electron chi connectivity index (χ2n) is 6.84. The van der Waals surface area contributed by atoms with Crippen LogP contribution in [0.3, 0.4) is 0 Å². The molecule has 0 radical (unpaired) electrons. The molecule has 0 aromatic carbocycles. The lowest BCUT2D eigenvalue weighted by molar-refractivity contribution is -0.130. The first-order valence-electron chi connectivity index (χ1n) is 8.31. The number of hydrogen-bond acceptors (Lipinski definition) is 4. The molecule has 126 valence electrons. The molecule has 1 heterocycles. The number of Topliss-reactive ketones (excluding diaryl/α,β-unsaturated/α-hetero) is 1. The molecule has 0 aliphatic heterocycles. The van der Waals surface area contributed by atoms with E-state index in [9.17, 15) is 9.59 Å². The summed E-state index contributed by atoms with van der Waals surface area (Å²) in [6.45, 7) is 3.33. The van der Waals surface area contributed by atoms with Gasteiger partial charge >= 0.3 is 0 Å². The van der Waals surface area contributed by atoms with Crippen molar-refractivity contribution in [3.05, 3.63) is 15.9 Å². The maximum absolute atomic E-state index is 12.6. The van der Waals surface area contributed by atoms with Gasteiger partial charge in [0.25, 0.3) is 5.91 Å². The summed E-state index contributed by atoms with van der Waals surface area (Å²) in [5.74, 6) is 1.14. The number of rotatable bonds is 4. The SMILES string of the molecule is COCCn1cc(C)sc1=NC(=O)C1CC2CC(=O)CC(C2)C1. The van der Waals surface area contributed by atoms with E-state index < -0.39 is 0 Å². The molecule has 2 bridgehead atoms. The van der Waals surface area contributed by atoms with Crippen molar-refractivity contribution in [2.75, 3.05) is 13.7 Å². The van der Waals surface area contributed by atoms with Gasteiger partial charge in [0.1, 0.15) is 5.78 Å². The van der Waals surface area contributed by atoms with Gasteiger partial charge in [0, 0.05) is 43.5 Å². The Hall–Kier alpha value is -1.27. The van der Waals surface area contributed by atoms with Crippen LogP contribution in [-0.4, -0.2) is 30.0 Å². The molecule has 2 fully saturated rings. The van der Waals surface area contributed by atoms with E-state index in [4.69, 9.17) is 4.74 Å². The number of aromatic nitrogens is 1. The standard InChI is InChI=1S/C17H24N2O3S/c1-11-10-19(3-4-22-2)17(23-11)18-16(21)14-6-12-5-13(7-14)9-15(20)8-12/h10,12-14H,3-9H2,1-2H3. The summed E-state index contributed by atoms with van der Waals surface area (Å²) >= 11 is 1.54. The quantitative estimate of drug-likeness (QED) is 0.848. The summed E-state index contributed by atoms with van der Waals surface area (Å²) in [6, 6.07) is 0. The second-order valence-corrected chi connectivity index (χ2v) is 8.06. The zero-order valence-electron chi connectivity index (χ0n) is 13.8. The number of carbonyl (C=O) groups excluding carboxylic acids is 2. The Balaban J connectivity index is 1.75. The van der Waals surface area contributed by atoms with Crippen molar-refractivity contribution in [2.45, 2.75) is 45.6 Å². The fourth-order valence-corrected chi connectivity index (χ4v) is 4.82. The van der Waals surface area contributed by atoms with Gasteiger partial charge in [-0.15, -0.1) is 11.3 Å². The van der Waals surface area contributed by atoms with E-state index in [2.05, 4.69) is 4.99 Å². The maximum Gasteiger partial charge on any atom is 0.251 e. The predicted octanol–water partition coefficient (Wildman–Crippen LogP) is 2.33. The van der Waals surface area contributed by atoms with Crippen LogP contribution < -0.4 is 4.80 Å². The number of methoxy groups -OCH3 is 1. The molecule has 0 N–H and O–H groups in total. The van der Waals surface area contributed by atoms with Gasteiger partial charge in [-0.2, -0.15) is 4.99 Å². The maximum atomic E-state index is 12.6. The zero-order valence-corrected chi connectivity index (χ0v) is 14.6. The molecule has 1 aromatic rings. The summed E-state index contributed by atoms with van der Waals surface area (Å²) in [7, 11) is 1.67. The lowest BCUT2D eigenvalue weighted by Gasteiger charge is -2.36. The van der Waals surface area contributed by atoms with Gasteiger partial charge in [-0.05, 0) is 38.0 Å². The van der Waals surface area contributed by atoms with Crippen LogP contribution in [0.4, 0.5) is 0 Å². The average molecular weight is 336 g/mol. The molecule has 2 aliphatic rings. The Morgan fingerprint density at radius 1 is 1.35 bits per heavy atom. The number of thiazole rings is 1. The van der Waals surface area contributed by atoms with E-state index in [-0.39, 0.29) is 11.8 Å². The highest BCUT2D eigenvalue weighted by Crippen LogP contribution is 2.41. The number of amides is 1. The number of ether oxygens (including phenoxy) is 1. The molecule has 1 aromatic heterocycles. The monoisotopic (exact) mass is 336 g/mol. The van der Waals surface area contributed by atoms with E-state index in [0.717, 1.165) is 28.9 Å². The minimum absolute atomic E-state index is 0.00914. The van der Waals surface area contributed by atoms with Crippen molar-refractivity contribution in [1.29, 1.82) is 0 Å². The van der Waals surface area contributed by atoms with E-state index in [1.54, 1.807) is 18.4 Å². The van der Waals surface area contributed by atoms with E-state index in [0.29, 0.717) is 43.6 Å². The summed E-state index contributed by atoms with van der Waals surface area (Å²) in [5.41, 5.74) is 0. The van der Waals surface area contributed by atoms with Crippen molar-refractivity contribution in [1.82, 2.24) is 4.57 Å². The van der Waals surface area contributed by atoms with Gasteiger partial charge in [0.2, 0.25) is 0 Å². The Labute approximate surface area is 140 Å². The third-order valence-corrected chi connectivity index (χ3v) is 5.80. The van der Waals surface area contributed by atoms with Crippen LogP contribution in [0, 0.1) is 24.7 Å². The molecule has 3 rings (SSSR count). The Morgan fingerprint density at radius 2 is 2.04 bits per heavy atom. The average Bonchev–Trinajstić information content (AvgIpc) is 2.83. The summed E-state index contributed by atoms with van der Waals surface area (Å²) in [4.78, 5) is 30.6. The molecule has 2 atom stereocenters. The van der Waals surface area contributed by atoms with Crippen LogP contribution in [0.5, 0.6) is 0 Å². The predicted molar refractivity (Wildman–Crippen MR) is 88.1 cm³/mol. The van der Waals surface area contributed by atoms with Crippen LogP contribution in [0.15, 0.2) is 11.2 Å². The van der Waals surface area contributed by atoms with Crippen molar-refractivity contribution in [2.24, 2.45) is 22.7 Å². The Kier molecular flexibility index (Phi) is 5.11. The molecule has 5 nitrogen and oxygen atoms in total. The zero-order chi connectivity index (χ0) is 16.4. The fraction of sp³-hybridized carbons (Fsp3) is 0.706. The molecule has 2 aliphatic carbocycles. The lowest BCUT2D eigenvalue weighted by atomic mass is 9.67. The first-order chi connectivity index (χ1) is 11.0. The summed E-state index contributed by atoms with van der Waals surface area (Å²) in [6.07, 6.45) is 6.10. The Morgan fingerprint density at radius 3 is 2.70 bits per heavy atom. The third kappa shape index (κ3) is 3.98. The molecule has 0 spiro atoms. The van der Waals surface area contributed by atoms with Crippen molar-refractivity contribution < 1.29 is 14.3 Å². The summed E-state index contributed by atoms with van der Waals surface area (Å²) in [5, 5.41) is 0. The highest BCUT2D eigenvalue weighted by atomic mass is 32.1. The molecule has 6 heteroatoms. The van der Waals surface area contributed by atoms with Gasteiger partial charge < -0.3 is 9.30 Å². The van der Waals surface area contributed by atoms with Gasteiger partial charge in [-0.1, -0.05) is 0 Å². The fourth-order valence-electron chi connectivity index (χ4n) is 3.95. The first-order valence-corrected chi connectivity index (χ1v) is 9.13. The van der Waals surface area contributed by atoms with Crippen molar-refractivity contribution in [3.8, 4) is 0 Å². The number of ketones is 1. The highest BCUT2D eigenvalue weighted by molar-refractivity contribution is 7.09. The number of aryl methyl sites for hydroxylation is 1. The minimum atomic E-state index is -0.0120. The molecule has 0 saturated heterocycles. The topological polar surface area (TPSA) is 60.7 Å². The molecule has 1 amide bonds. The van der Waals surface area contributed by atoms with Crippen molar-refractivity contribution >= 4 is 23.0 Å². The molecular formula is C17H24N2O3S. The number of nitrogens with zero attached hydrogens (tertiary/aromatic N) is 2. The van der Waals surface area contributed by atoms with Crippen molar-refractivity contribution in [3.63, 3.8) is 0 Å². The first kappa shape index (κ1) is 16.6. The Bertz CT molecular complexity index is 645. The minimum Gasteiger partial charge on any atom is -0.383 e. The second kappa shape index (κ2) is 7.09. The van der Waals surface area contributed by atoms with Gasteiger partial charge in [0.15, 0.2) is 4.80 Å². The highest BCUT2D eigenvalue weighted by Gasteiger charge is 2.37. The number of hydrogen-bond donors (Lipinski definition) is 0. The van der Waals surface area contributed by atoms with E-state index in [1.165, 1.54) is 0 Å². The van der Waals surface area contributed by atoms with E-state index >= 15 is 0 Å². The number of fused-ring (bicyclic) bond motifs is 2. The van der Waals surface area contributed by atoms with Gasteiger partial charge in [0.05, 0.1) is 6.61 Å². The van der Waals surface area contributed by atoms with Crippen LogP contribution >= 0.6 is 11.3 Å². The molecule has 2 unspecified atom stereocenters. The van der Waals surface area contributed by atoms with E-state index in [1.807, 2.05) is 17.7 Å². The largest absolute Gasteiger partial charge is 0.383 e. The molecule has 2 saturated carbocycles. The molecule has 23 heavy (non-hydrogen) atoms. The smallest absolute Gasteiger partial charge is 0.251 e. The van der Waals surface area contributed by atoms with Gasteiger partial charge in [-0.25, -0.2) is 0 Å². The van der Waals surface area contributed by atoms with Gasteiger partial charge in [-0.3, -0.25) is 9.59 Å². The van der Waals surface area contributed by atoms with Crippen LogP contribution in [0.1, 0.15) is 37.0 Å². The molecular weight excluding hydrogens is 312 g/mol.